The van der Waals surface area contributed by atoms with Crippen molar-refractivity contribution in [2.75, 3.05) is 5.73 Å². The highest BCUT2D eigenvalue weighted by atomic mass is 79.9. The maximum atomic E-state index is 13.3. The zero-order valence-corrected chi connectivity index (χ0v) is 10.0. The highest BCUT2D eigenvalue weighted by Crippen LogP contribution is 2.28. The smallest absolute Gasteiger partial charge is 0.168 e. The molecule has 3 nitrogen and oxygen atoms in total. The lowest BCUT2D eigenvalue weighted by molar-refractivity contribution is 0.436. The molecular formula is C11H7BrF2N2O. The molecule has 0 bridgehead atoms. The Balaban J connectivity index is 2.28. The van der Waals surface area contributed by atoms with Crippen molar-refractivity contribution >= 4 is 21.7 Å². The van der Waals surface area contributed by atoms with E-state index in [1.54, 1.807) is 6.07 Å². The summed E-state index contributed by atoms with van der Waals surface area (Å²) in [6, 6.07) is 4.60. The fraction of sp³-hybridized carbons (Fsp3) is 0. The van der Waals surface area contributed by atoms with Gasteiger partial charge in [-0.2, -0.15) is 0 Å². The molecule has 2 aromatic rings. The van der Waals surface area contributed by atoms with E-state index in [1.807, 2.05) is 0 Å². The van der Waals surface area contributed by atoms with Gasteiger partial charge in [-0.15, -0.1) is 0 Å². The number of hydrogen-bond acceptors (Lipinski definition) is 3. The summed E-state index contributed by atoms with van der Waals surface area (Å²) in [5, 5.41) is 0. The van der Waals surface area contributed by atoms with Crippen LogP contribution >= 0.6 is 15.9 Å². The molecule has 17 heavy (non-hydrogen) atoms. The molecule has 0 saturated heterocycles. The van der Waals surface area contributed by atoms with Gasteiger partial charge in [0, 0.05) is 12.1 Å². The molecule has 0 aliphatic rings. The molecule has 0 aliphatic carbocycles. The lowest BCUT2D eigenvalue weighted by Gasteiger charge is -2.07. The molecular weight excluding hydrogens is 294 g/mol. The maximum Gasteiger partial charge on any atom is 0.168 e. The summed E-state index contributed by atoms with van der Waals surface area (Å²) in [6.07, 6.45) is 1.35. The predicted molar refractivity (Wildman–Crippen MR) is 62.8 cm³/mol. The lowest BCUT2D eigenvalue weighted by Crippen LogP contribution is -1.94. The minimum atomic E-state index is -0.780. The van der Waals surface area contributed by atoms with Crippen molar-refractivity contribution in [3.63, 3.8) is 0 Å². The van der Waals surface area contributed by atoms with E-state index in [2.05, 4.69) is 20.9 Å². The van der Waals surface area contributed by atoms with Crippen molar-refractivity contribution in [3.8, 4) is 11.5 Å². The number of nitrogens with zero attached hydrogens (tertiary/aromatic N) is 1. The van der Waals surface area contributed by atoms with Crippen LogP contribution in [0.3, 0.4) is 0 Å². The van der Waals surface area contributed by atoms with E-state index in [4.69, 9.17) is 10.5 Å². The zero-order chi connectivity index (χ0) is 12.4. The summed E-state index contributed by atoms with van der Waals surface area (Å²) in [7, 11) is 0. The third-order valence-electron chi connectivity index (χ3n) is 1.97. The van der Waals surface area contributed by atoms with Crippen LogP contribution in [0.25, 0.3) is 0 Å². The summed E-state index contributed by atoms with van der Waals surface area (Å²) >= 11 is 3.17. The molecule has 1 heterocycles. The van der Waals surface area contributed by atoms with Crippen LogP contribution in [0.2, 0.25) is 0 Å². The van der Waals surface area contributed by atoms with Gasteiger partial charge in [0.05, 0.1) is 10.7 Å². The van der Waals surface area contributed by atoms with Crippen LogP contribution in [0, 0.1) is 11.6 Å². The van der Waals surface area contributed by atoms with E-state index < -0.39 is 11.6 Å². The molecule has 0 unspecified atom stereocenters. The molecule has 2 N–H and O–H groups in total. The largest absolute Gasteiger partial charge is 0.453 e. The lowest BCUT2D eigenvalue weighted by atomic mass is 10.3. The predicted octanol–water partition coefficient (Wildman–Crippen LogP) is 3.50. The Morgan fingerprint density at radius 3 is 2.65 bits per heavy atom. The van der Waals surface area contributed by atoms with Crippen LogP contribution in [0.15, 0.2) is 34.9 Å². The first-order valence-electron chi connectivity index (χ1n) is 4.60. The van der Waals surface area contributed by atoms with E-state index in [-0.39, 0.29) is 5.75 Å². The van der Waals surface area contributed by atoms with Crippen LogP contribution in [0.4, 0.5) is 14.6 Å². The first kappa shape index (κ1) is 11.8. The number of nitrogen functional groups attached to an aromatic ring is 1. The Kier molecular flexibility index (Phi) is 3.23. The summed E-state index contributed by atoms with van der Waals surface area (Å²) in [4.78, 5) is 3.83. The summed E-state index contributed by atoms with van der Waals surface area (Å²) in [5.41, 5.74) is 5.49. The minimum absolute atomic E-state index is 0.0788. The van der Waals surface area contributed by atoms with Gasteiger partial charge in [-0.25, -0.2) is 13.8 Å². The summed E-state index contributed by atoms with van der Waals surface area (Å²) in [6.45, 7) is 0. The Morgan fingerprint density at radius 2 is 2.00 bits per heavy atom. The second-order valence-corrected chi connectivity index (χ2v) is 4.07. The molecule has 0 atom stereocenters. The number of rotatable bonds is 2. The van der Waals surface area contributed by atoms with Gasteiger partial charge < -0.3 is 10.5 Å². The van der Waals surface area contributed by atoms with Crippen LogP contribution in [-0.4, -0.2) is 4.98 Å². The van der Waals surface area contributed by atoms with Crippen molar-refractivity contribution in [1.29, 1.82) is 0 Å². The van der Waals surface area contributed by atoms with Gasteiger partial charge >= 0.3 is 0 Å². The first-order valence-corrected chi connectivity index (χ1v) is 5.39. The van der Waals surface area contributed by atoms with Crippen LogP contribution in [-0.2, 0) is 0 Å². The molecule has 1 aromatic carbocycles. The van der Waals surface area contributed by atoms with Crippen LogP contribution in [0.5, 0.6) is 11.5 Å². The Hall–Kier alpha value is -1.69. The standard InChI is InChI=1S/C11H7BrF2N2O/c12-8-4-7(5-16-11(8)15)17-10-2-1-6(13)3-9(10)14/h1-5H,(H2,15,16). The van der Waals surface area contributed by atoms with Gasteiger partial charge in [0.2, 0.25) is 0 Å². The van der Waals surface area contributed by atoms with Crippen molar-refractivity contribution in [3.05, 3.63) is 46.6 Å². The van der Waals surface area contributed by atoms with Crippen molar-refractivity contribution < 1.29 is 13.5 Å². The number of halogens is 3. The quantitative estimate of drug-likeness (QED) is 0.923. The van der Waals surface area contributed by atoms with E-state index >= 15 is 0 Å². The molecule has 2 rings (SSSR count). The average Bonchev–Trinajstić information content (AvgIpc) is 2.27. The van der Waals surface area contributed by atoms with Gasteiger partial charge in [-0.05, 0) is 28.1 Å². The van der Waals surface area contributed by atoms with Gasteiger partial charge in [0.1, 0.15) is 17.4 Å². The van der Waals surface area contributed by atoms with Crippen LogP contribution in [0.1, 0.15) is 0 Å². The molecule has 0 amide bonds. The van der Waals surface area contributed by atoms with E-state index in [0.717, 1.165) is 12.1 Å². The van der Waals surface area contributed by atoms with Gasteiger partial charge in [0.25, 0.3) is 0 Å². The monoisotopic (exact) mass is 300 g/mol. The molecule has 1 aromatic heterocycles. The van der Waals surface area contributed by atoms with E-state index in [0.29, 0.717) is 16.0 Å². The number of ether oxygens (including phenoxy) is 1. The second-order valence-electron chi connectivity index (χ2n) is 3.21. The van der Waals surface area contributed by atoms with Gasteiger partial charge in [-0.1, -0.05) is 0 Å². The molecule has 0 radical (unpaired) electrons. The fourth-order valence-electron chi connectivity index (χ4n) is 1.17. The molecule has 0 spiro atoms. The van der Waals surface area contributed by atoms with Crippen LogP contribution < -0.4 is 10.5 Å². The molecule has 0 fully saturated rings. The van der Waals surface area contributed by atoms with Crippen molar-refractivity contribution in [1.82, 2.24) is 4.98 Å². The van der Waals surface area contributed by atoms with E-state index in [1.165, 1.54) is 12.3 Å². The molecule has 0 aliphatic heterocycles. The molecule has 6 heteroatoms. The van der Waals surface area contributed by atoms with Crippen molar-refractivity contribution in [2.45, 2.75) is 0 Å². The third kappa shape index (κ3) is 2.71. The fourth-order valence-corrected chi connectivity index (χ4v) is 1.50. The first-order chi connectivity index (χ1) is 8.06. The highest BCUT2D eigenvalue weighted by molar-refractivity contribution is 9.10. The summed E-state index contributed by atoms with van der Waals surface area (Å²) in [5.74, 6) is -0.914. The number of benzene rings is 1. The van der Waals surface area contributed by atoms with Gasteiger partial charge in [-0.3, -0.25) is 0 Å². The number of anilines is 1. The number of nitrogens with two attached hydrogens (primary N) is 1. The summed E-state index contributed by atoms with van der Waals surface area (Å²) < 4.78 is 31.7. The average molecular weight is 301 g/mol. The topological polar surface area (TPSA) is 48.1 Å². The number of aromatic nitrogens is 1. The van der Waals surface area contributed by atoms with E-state index in [9.17, 15) is 8.78 Å². The van der Waals surface area contributed by atoms with Crippen molar-refractivity contribution in [2.24, 2.45) is 0 Å². The minimum Gasteiger partial charge on any atom is -0.453 e. The SMILES string of the molecule is Nc1ncc(Oc2ccc(F)cc2F)cc1Br. The Labute approximate surface area is 104 Å². The third-order valence-corrected chi connectivity index (χ3v) is 2.60. The Morgan fingerprint density at radius 1 is 1.24 bits per heavy atom. The molecule has 0 saturated carbocycles. The normalized spacial score (nSPS) is 10.3. The van der Waals surface area contributed by atoms with Gasteiger partial charge in [0.15, 0.2) is 11.6 Å². The number of hydrogen-bond donors (Lipinski definition) is 1. The molecule has 88 valence electrons. The number of pyridine rings is 1. The zero-order valence-electron chi connectivity index (χ0n) is 8.45. The second kappa shape index (κ2) is 4.67. The highest BCUT2D eigenvalue weighted by Gasteiger charge is 2.07. The Bertz CT molecular complexity index is 563. The maximum absolute atomic E-state index is 13.3.